The molecule has 0 atom stereocenters. The molecule has 0 radical (unpaired) electrons. The predicted molar refractivity (Wildman–Crippen MR) is 90.9 cm³/mol. The summed E-state index contributed by atoms with van der Waals surface area (Å²) in [6.45, 7) is 8.56. The second-order valence-corrected chi connectivity index (χ2v) is 8.65. The van der Waals surface area contributed by atoms with E-state index >= 15 is 0 Å². The molecule has 2 rings (SSSR count). The van der Waals surface area contributed by atoms with Crippen molar-refractivity contribution >= 4 is 18.9 Å². The molecule has 2 nitrogen and oxygen atoms in total. The molecule has 0 bridgehead atoms. The number of rotatable bonds is 4. The zero-order valence-corrected chi connectivity index (χ0v) is 14.8. The summed E-state index contributed by atoms with van der Waals surface area (Å²) >= 11 is 0. The molecule has 0 saturated heterocycles. The summed E-state index contributed by atoms with van der Waals surface area (Å²) in [5, 5.41) is 2.39. The van der Waals surface area contributed by atoms with Crippen LogP contribution in [0.3, 0.4) is 0 Å². The predicted octanol–water partition coefficient (Wildman–Crippen LogP) is 2.77. The Morgan fingerprint density at radius 1 is 0.667 bits per heavy atom. The van der Waals surface area contributed by atoms with Crippen LogP contribution in [0.15, 0.2) is 36.4 Å². The molecule has 0 aliphatic carbocycles. The van der Waals surface area contributed by atoms with Gasteiger partial charge in [0.1, 0.15) is 0 Å². The van der Waals surface area contributed by atoms with Crippen LogP contribution < -0.4 is 10.4 Å². The van der Waals surface area contributed by atoms with Gasteiger partial charge in [0.15, 0.2) is 0 Å². The maximum Gasteiger partial charge on any atom is 0.407 e. The topological polar surface area (TPSA) is 18.5 Å². The molecule has 112 valence electrons. The smallest absolute Gasteiger partial charge is 0.391 e. The molecule has 2 aromatic carbocycles. The molecule has 0 N–H and O–H groups in total. The minimum absolute atomic E-state index is 1.20. The summed E-state index contributed by atoms with van der Waals surface area (Å²) in [7, 11) is 0.879. The lowest BCUT2D eigenvalue weighted by atomic mass is 10.1. The third-order valence-electron chi connectivity index (χ3n) is 4.49. The first kappa shape index (κ1) is 16.0. The van der Waals surface area contributed by atoms with Crippen molar-refractivity contribution < 1.29 is 8.85 Å². The molecule has 0 aliphatic heterocycles. The van der Waals surface area contributed by atoms with Gasteiger partial charge in [0.05, 0.1) is 0 Å². The van der Waals surface area contributed by atoms with E-state index in [1.807, 2.05) is 0 Å². The van der Waals surface area contributed by atoms with E-state index in [0.29, 0.717) is 0 Å². The lowest BCUT2D eigenvalue weighted by Gasteiger charge is -2.31. The van der Waals surface area contributed by atoms with Gasteiger partial charge in [0.2, 0.25) is 0 Å². The van der Waals surface area contributed by atoms with Gasteiger partial charge >= 0.3 is 8.56 Å². The molecule has 0 unspecified atom stereocenters. The van der Waals surface area contributed by atoms with Crippen LogP contribution in [0.25, 0.3) is 0 Å². The third kappa shape index (κ3) is 2.57. The Labute approximate surface area is 129 Å². The quantitative estimate of drug-likeness (QED) is 0.808. The van der Waals surface area contributed by atoms with E-state index in [9.17, 15) is 0 Å². The molecular weight excluding hydrogens is 276 g/mol. The maximum atomic E-state index is 6.05. The van der Waals surface area contributed by atoms with Crippen molar-refractivity contribution in [2.24, 2.45) is 0 Å². The highest BCUT2D eigenvalue weighted by molar-refractivity contribution is 6.93. The molecule has 0 amide bonds. The normalized spacial score (nSPS) is 11.7. The van der Waals surface area contributed by atoms with Gasteiger partial charge in [-0.2, -0.15) is 0 Å². The van der Waals surface area contributed by atoms with Gasteiger partial charge in [-0.15, -0.1) is 0 Å². The molecule has 2 aromatic rings. The fraction of sp³-hybridized carbons (Fsp3) is 0.333. The van der Waals surface area contributed by atoms with Crippen LogP contribution in [0.1, 0.15) is 22.3 Å². The Morgan fingerprint density at radius 2 is 1.05 bits per heavy atom. The van der Waals surface area contributed by atoms with Gasteiger partial charge in [-0.3, -0.25) is 0 Å². The number of hydrogen-bond acceptors (Lipinski definition) is 2. The highest BCUT2D eigenvalue weighted by atomic mass is 28.4. The number of benzene rings is 2. The Bertz CT molecular complexity index is 592. The molecule has 0 fully saturated rings. The molecule has 0 aliphatic rings. The number of hydrogen-bond donors (Lipinski definition) is 0. The maximum absolute atomic E-state index is 6.05. The van der Waals surface area contributed by atoms with Crippen LogP contribution >= 0.6 is 0 Å². The first-order valence-corrected chi connectivity index (χ1v) is 9.03. The molecule has 0 aromatic heterocycles. The summed E-state index contributed by atoms with van der Waals surface area (Å²) in [4.78, 5) is 0. The highest BCUT2D eigenvalue weighted by Crippen LogP contribution is 2.16. The second-order valence-electron chi connectivity index (χ2n) is 5.52. The van der Waals surface area contributed by atoms with Crippen LogP contribution in [0.2, 0.25) is 0 Å². The van der Waals surface area contributed by atoms with Crippen molar-refractivity contribution in [1.82, 2.24) is 0 Å². The van der Waals surface area contributed by atoms with Crippen molar-refractivity contribution in [3.8, 4) is 0 Å². The Hall–Kier alpha value is -1.42. The Kier molecular flexibility index (Phi) is 4.66. The average molecular weight is 300 g/mol. The van der Waals surface area contributed by atoms with Crippen molar-refractivity contribution in [3.05, 3.63) is 58.7 Å². The van der Waals surface area contributed by atoms with E-state index in [1.165, 1.54) is 32.6 Å². The fourth-order valence-corrected chi connectivity index (χ4v) is 6.23. The lowest BCUT2D eigenvalue weighted by molar-refractivity contribution is 0.272. The minimum Gasteiger partial charge on any atom is -0.391 e. The van der Waals surface area contributed by atoms with Crippen LogP contribution in [-0.2, 0) is 8.85 Å². The lowest BCUT2D eigenvalue weighted by Crippen LogP contribution is -2.64. The van der Waals surface area contributed by atoms with Crippen molar-refractivity contribution in [2.45, 2.75) is 27.7 Å². The summed E-state index contributed by atoms with van der Waals surface area (Å²) in [5.74, 6) is 0. The summed E-state index contributed by atoms with van der Waals surface area (Å²) in [6, 6.07) is 12.7. The monoisotopic (exact) mass is 300 g/mol. The first-order chi connectivity index (χ1) is 9.97. The number of aryl methyl sites for hydroxylation is 2. The van der Waals surface area contributed by atoms with Crippen LogP contribution in [0.4, 0.5) is 0 Å². The van der Waals surface area contributed by atoms with Gasteiger partial charge in [-0.05, 0) is 49.9 Å². The third-order valence-corrected chi connectivity index (χ3v) is 8.14. The van der Waals surface area contributed by atoms with Gasteiger partial charge in [0, 0.05) is 24.6 Å². The average Bonchev–Trinajstić information content (AvgIpc) is 2.49. The van der Waals surface area contributed by atoms with Gasteiger partial charge in [-0.1, -0.05) is 36.4 Å². The van der Waals surface area contributed by atoms with Crippen LogP contribution in [0, 0.1) is 27.7 Å². The van der Waals surface area contributed by atoms with Gasteiger partial charge in [0.25, 0.3) is 0 Å². The molecule has 0 saturated carbocycles. The largest absolute Gasteiger partial charge is 0.407 e. The molecule has 3 heteroatoms. The molecule has 0 spiro atoms. The summed E-state index contributed by atoms with van der Waals surface area (Å²) in [5.41, 5.74) is 5.05. The van der Waals surface area contributed by atoms with Crippen molar-refractivity contribution in [1.29, 1.82) is 0 Å². The van der Waals surface area contributed by atoms with Crippen molar-refractivity contribution in [3.63, 3.8) is 0 Å². The first-order valence-electron chi connectivity index (χ1n) is 7.21. The fourth-order valence-electron chi connectivity index (χ4n) is 2.88. The van der Waals surface area contributed by atoms with Gasteiger partial charge < -0.3 is 8.85 Å². The van der Waals surface area contributed by atoms with E-state index in [0.717, 1.165) is 0 Å². The van der Waals surface area contributed by atoms with E-state index in [-0.39, 0.29) is 0 Å². The van der Waals surface area contributed by atoms with Crippen LogP contribution in [0.5, 0.6) is 0 Å². The zero-order valence-electron chi connectivity index (χ0n) is 13.8. The van der Waals surface area contributed by atoms with Crippen LogP contribution in [-0.4, -0.2) is 22.8 Å². The Balaban J connectivity index is 2.77. The summed E-state index contributed by atoms with van der Waals surface area (Å²) in [6.07, 6.45) is 0. The summed E-state index contributed by atoms with van der Waals surface area (Å²) < 4.78 is 12.1. The minimum atomic E-state index is -2.65. The highest BCUT2D eigenvalue weighted by Gasteiger charge is 2.43. The Morgan fingerprint density at radius 3 is 1.38 bits per heavy atom. The van der Waals surface area contributed by atoms with E-state index in [1.54, 1.807) is 14.2 Å². The SMILES string of the molecule is CO[Si](OC)(c1cccc(C)c1C)c1cccc(C)c1C. The molecular formula is C18H24O2Si. The van der Waals surface area contributed by atoms with E-state index < -0.39 is 8.56 Å². The van der Waals surface area contributed by atoms with Crippen molar-refractivity contribution in [2.75, 3.05) is 14.2 Å². The van der Waals surface area contributed by atoms with E-state index in [4.69, 9.17) is 8.85 Å². The zero-order chi connectivity index (χ0) is 15.6. The molecule has 0 heterocycles. The van der Waals surface area contributed by atoms with Gasteiger partial charge in [-0.25, -0.2) is 0 Å². The van der Waals surface area contributed by atoms with E-state index in [2.05, 4.69) is 64.1 Å². The second kappa shape index (κ2) is 6.14. The standard InChI is InChI=1S/C18H24O2Si/c1-13-9-7-11-17(15(13)3)21(19-5,20-6)18-12-8-10-14(2)16(18)4/h7-12H,1-6H3. The molecule has 21 heavy (non-hydrogen) atoms.